The van der Waals surface area contributed by atoms with Crippen molar-refractivity contribution in [3.8, 4) is 0 Å². The number of para-hydroxylation sites is 1. The first kappa shape index (κ1) is 13.4. The lowest BCUT2D eigenvalue weighted by Crippen LogP contribution is -2.28. The Morgan fingerprint density at radius 3 is 2.59 bits per heavy atom. The van der Waals surface area contributed by atoms with E-state index >= 15 is 0 Å². The third kappa shape index (κ3) is 4.82. The molecule has 0 saturated heterocycles. The maximum Gasteiger partial charge on any atom is 0.234 e. The van der Waals surface area contributed by atoms with Crippen LogP contribution in [0.2, 0.25) is 0 Å². The highest BCUT2D eigenvalue weighted by atomic mass is 35.5. The molecule has 0 spiro atoms. The third-order valence-electron chi connectivity index (χ3n) is 1.94. The van der Waals surface area contributed by atoms with Gasteiger partial charge in [0, 0.05) is 13.0 Å². The van der Waals surface area contributed by atoms with E-state index in [2.05, 4.69) is 10.6 Å². The molecule has 6 heteroatoms. The molecule has 2 N–H and O–H groups in total. The van der Waals surface area contributed by atoms with E-state index in [-0.39, 0.29) is 36.3 Å². The molecule has 1 aromatic rings. The first-order valence-electron chi connectivity index (χ1n) is 5.00. The second kappa shape index (κ2) is 6.85. The number of amides is 2. The van der Waals surface area contributed by atoms with Crippen molar-refractivity contribution >= 4 is 29.1 Å². The van der Waals surface area contributed by atoms with Crippen LogP contribution in [0, 0.1) is 5.82 Å². The normalized spacial score (nSPS) is 9.76. The summed E-state index contributed by atoms with van der Waals surface area (Å²) < 4.78 is 13.2. The zero-order valence-electron chi connectivity index (χ0n) is 9.00. The molecule has 17 heavy (non-hydrogen) atoms. The summed E-state index contributed by atoms with van der Waals surface area (Å²) >= 11 is 5.26. The SMILES string of the molecule is O=C(CCl)NCCC(=O)Nc1ccccc1F. The number of nitrogens with one attached hydrogen (secondary N) is 2. The van der Waals surface area contributed by atoms with Crippen molar-refractivity contribution in [2.24, 2.45) is 0 Å². The zero-order chi connectivity index (χ0) is 12.7. The Kier molecular flexibility index (Phi) is 5.42. The molecule has 0 aliphatic carbocycles. The van der Waals surface area contributed by atoms with Gasteiger partial charge in [-0.25, -0.2) is 4.39 Å². The third-order valence-corrected chi connectivity index (χ3v) is 2.19. The Balaban J connectivity index is 2.35. The second-order valence-corrected chi connectivity index (χ2v) is 3.53. The average Bonchev–Trinajstić information content (AvgIpc) is 2.32. The number of carbonyl (C=O) groups is 2. The first-order chi connectivity index (χ1) is 8.13. The molecule has 4 nitrogen and oxygen atoms in total. The number of hydrogen-bond donors (Lipinski definition) is 2. The molecule has 0 unspecified atom stereocenters. The lowest BCUT2D eigenvalue weighted by atomic mass is 10.3. The van der Waals surface area contributed by atoms with Crippen LogP contribution in [0.5, 0.6) is 0 Å². The molecule has 0 heterocycles. The Morgan fingerprint density at radius 2 is 1.94 bits per heavy atom. The summed E-state index contributed by atoms with van der Waals surface area (Å²) in [7, 11) is 0. The van der Waals surface area contributed by atoms with Gasteiger partial charge in [-0.05, 0) is 12.1 Å². The van der Waals surface area contributed by atoms with Crippen LogP contribution in [-0.4, -0.2) is 24.2 Å². The molecule has 0 saturated carbocycles. The van der Waals surface area contributed by atoms with Crippen molar-refractivity contribution in [2.75, 3.05) is 17.7 Å². The van der Waals surface area contributed by atoms with Gasteiger partial charge < -0.3 is 10.6 Å². The lowest BCUT2D eigenvalue weighted by Gasteiger charge is -2.06. The largest absolute Gasteiger partial charge is 0.355 e. The van der Waals surface area contributed by atoms with Crippen molar-refractivity contribution in [3.05, 3.63) is 30.1 Å². The number of carbonyl (C=O) groups excluding carboxylic acids is 2. The topological polar surface area (TPSA) is 58.2 Å². The number of hydrogen-bond acceptors (Lipinski definition) is 2. The predicted octanol–water partition coefficient (Wildman–Crippen LogP) is 1.51. The Hall–Kier alpha value is -1.62. The maximum atomic E-state index is 13.2. The molecule has 0 atom stereocenters. The van der Waals surface area contributed by atoms with E-state index in [1.807, 2.05) is 0 Å². The summed E-state index contributed by atoms with van der Waals surface area (Å²) in [5, 5.41) is 4.84. The van der Waals surface area contributed by atoms with Crippen molar-refractivity contribution < 1.29 is 14.0 Å². The Labute approximate surface area is 103 Å². The van der Waals surface area contributed by atoms with E-state index in [0.717, 1.165) is 0 Å². The molecule has 92 valence electrons. The van der Waals surface area contributed by atoms with Crippen molar-refractivity contribution in [1.29, 1.82) is 0 Å². The highest BCUT2D eigenvalue weighted by Gasteiger charge is 2.06. The van der Waals surface area contributed by atoms with Crippen LogP contribution in [0.15, 0.2) is 24.3 Å². The highest BCUT2D eigenvalue weighted by Crippen LogP contribution is 2.12. The summed E-state index contributed by atoms with van der Waals surface area (Å²) in [6.07, 6.45) is 0.0664. The van der Waals surface area contributed by atoms with Gasteiger partial charge in [0.2, 0.25) is 11.8 Å². The first-order valence-corrected chi connectivity index (χ1v) is 5.54. The molecule has 1 aromatic carbocycles. The molecule has 0 aliphatic heterocycles. The fourth-order valence-corrected chi connectivity index (χ4v) is 1.23. The molecule has 2 amide bonds. The summed E-state index contributed by atoms with van der Waals surface area (Å²) in [6.45, 7) is 0.172. The van der Waals surface area contributed by atoms with E-state index in [1.54, 1.807) is 6.07 Å². The van der Waals surface area contributed by atoms with Crippen LogP contribution in [-0.2, 0) is 9.59 Å². The van der Waals surface area contributed by atoms with Crippen molar-refractivity contribution in [1.82, 2.24) is 5.32 Å². The minimum absolute atomic E-state index is 0.0664. The molecule has 0 radical (unpaired) electrons. The molecule has 0 aromatic heterocycles. The molecule has 0 aliphatic rings. The van der Waals surface area contributed by atoms with E-state index in [0.29, 0.717) is 0 Å². The van der Waals surface area contributed by atoms with Gasteiger partial charge in [0.25, 0.3) is 0 Å². The fourth-order valence-electron chi connectivity index (χ4n) is 1.14. The molecular formula is C11H12ClFN2O2. The smallest absolute Gasteiger partial charge is 0.234 e. The summed E-state index contributed by atoms with van der Waals surface area (Å²) in [4.78, 5) is 22.1. The highest BCUT2D eigenvalue weighted by molar-refractivity contribution is 6.27. The quantitative estimate of drug-likeness (QED) is 0.787. The van der Waals surface area contributed by atoms with Gasteiger partial charge in [0.1, 0.15) is 11.7 Å². The number of halogens is 2. The van der Waals surface area contributed by atoms with Crippen molar-refractivity contribution in [2.45, 2.75) is 6.42 Å². The van der Waals surface area contributed by atoms with Gasteiger partial charge in [-0.3, -0.25) is 9.59 Å². The molecule has 0 fully saturated rings. The number of benzene rings is 1. The van der Waals surface area contributed by atoms with Crippen LogP contribution in [0.25, 0.3) is 0 Å². The Bertz CT molecular complexity index is 412. The van der Waals surface area contributed by atoms with Gasteiger partial charge in [0.05, 0.1) is 5.69 Å². The van der Waals surface area contributed by atoms with Gasteiger partial charge in [-0.1, -0.05) is 12.1 Å². The average molecular weight is 259 g/mol. The van der Waals surface area contributed by atoms with E-state index in [1.165, 1.54) is 18.2 Å². The van der Waals surface area contributed by atoms with Gasteiger partial charge in [0.15, 0.2) is 0 Å². The molecule has 0 bridgehead atoms. The summed E-state index contributed by atoms with van der Waals surface area (Å²) in [5.41, 5.74) is 0.126. The second-order valence-electron chi connectivity index (χ2n) is 3.26. The Morgan fingerprint density at radius 1 is 1.24 bits per heavy atom. The number of anilines is 1. The summed E-state index contributed by atoms with van der Waals surface area (Å²) in [5.74, 6) is -1.35. The number of alkyl halides is 1. The van der Waals surface area contributed by atoms with Crippen LogP contribution in [0.4, 0.5) is 10.1 Å². The minimum Gasteiger partial charge on any atom is -0.355 e. The maximum absolute atomic E-state index is 13.2. The van der Waals surface area contributed by atoms with Gasteiger partial charge in [-0.2, -0.15) is 0 Å². The van der Waals surface area contributed by atoms with Gasteiger partial charge in [-0.15, -0.1) is 11.6 Å². The predicted molar refractivity (Wildman–Crippen MR) is 63.4 cm³/mol. The van der Waals surface area contributed by atoms with E-state index in [9.17, 15) is 14.0 Å². The van der Waals surface area contributed by atoms with Crippen molar-refractivity contribution in [3.63, 3.8) is 0 Å². The molecular weight excluding hydrogens is 247 g/mol. The van der Waals surface area contributed by atoms with Crippen LogP contribution in [0.3, 0.4) is 0 Å². The van der Waals surface area contributed by atoms with Crippen LogP contribution in [0.1, 0.15) is 6.42 Å². The lowest BCUT2D eigenvalue weighted by molar-refractivity contribution is -0.119. The standard InChI is InChI=1S/C11H12ClFN2O2/c12-7-11(17)14-6-5-10(16)15-9-4-2-1-3-8(9)13/h1-4H,5-7H2,(H,14,17)(H,15,16). The van der Waals surface area contributed by atoms with Gasteiger partial charge >= 0.3 is 0 Å². The van der Waals surface area contributed by atoms with E-state index in [4.69, 9.17) is 11.6 Å². The minimum atomic E-state index is -0.495. The monoisotopic (exact) mass is 258 g/mol. The van der Waals surface area contributed by atoms with Crippen LogP contribution < -0.4 is 10.6 Å². The molecule has 1 rings (SSSR count). The zero-order valence-corrected chi connectivity index (χ0v) is 9.76. The fraction of sp³-hybridized carbons (Fsp3) is 0.273. The summed E-state index contributed by atoms with van der Waals surface area (Å²) in [6, 6.07) is 5.87. The van der Waals surface area contributed by atoms with E-state index < -0.39 is 5.82 Å². The van der Waals surface area contributed by atoms with Crippen LogP contribution >= 0.6 is 11.6 Å². The number of rotatable bonds is 5.